The number of rotatable bonds is 4. The van der Waals surface area contributed by atoms with Gasteiger partial charge in [0.25, 0.3) is 5.56 Å². The highest BCUT2D eigenvalue weighted by Gasteiger charge is 2.37. The van der Waals surface area contributed by atoms with E-state index in [-0.39, 0.29) is 13.0 Å². The lowest BCUT2D eigenvalue weighted by atomic mass is 10.2. The van der Waals surface area contributed by atoms with E-state index in [4.69, 9.17) is 9.63 Å². The highest BCUT2D eigenvalue weighted by molar-refractivity contribution is 7.32. The summed E-state index contributed by atoms with van der Waals surface area (Å²) >= 11 is 0. The fourth-order valence-electron chi connectivity index (χ4n) is 1.97. The van der Waals surface area contributed by atoms with Gasteiger partial charge in [-0.05, 0) is 6.92 Å². The monoisotopic (exact) mass is 305 g/mol. The van der Waals surface area contributed by atoms with Crippen molar-refractivity contribution in [3.63, 3.8) is 0 Å². The minimum Gasteiger partial charge on any atom is -0.390 e. The summed E-state index contributed by atoms with van der Waals surface area (Å²) in [5.41, 5.74) is -0.796. The smallest absolute Gasteiger partial charge is 0.390 e. The Morgan fingerprint density at radius 2 is 2.30 bits per heavy atom. The number of aromatic amines is 1. The van der Waals surface area contributed by atoms with Gasteiger partial charge in [0.2, 0.25) is 0 Å². The number of H-pyrrole nitrogens is 1. The molecular weight excluding hydrogens is 291 g/mol. The molecule has 0 radical (unpaired) electrons. The quantitative estimate of drug-likeness (QED) is 0.618. The molecule has 10 heteroatoms. The molecule has 110 valence electrons. The van der Waals surface area contributed by atoms with Crippen LogP contribution in [0.5, 0.6) is 0 Å². The van der Waals surface area contributed by atoms with E-state index in [1.54, 1.807) is 0 Å². The molecular formula is C10H14N2O7P+. The minimum absolute atomic E-state index is 0.113. The predicted octanol–water partition coefficient (Wildman–Crippen LogP) is -0.840. The van der Waals surface area contributed by atoms with Crippen LogP contribution in [0.15, 0.2) is 15.8 Å². The summed E-state index contributed by atoms with van der Waals surface area (Å²) in [6, 6.07) is 0. The summed E-state index contributed by atoms with van der Waals surface area (Å²) < 4.78 is 21.5. The molecule has 0 spiro atoms. The molecule has 1 aromatic rings. The van der Waals surface area contributed by atoms with E-state index in [0.29, 0.717) is 5.56 Å². The predicted molar refractivity (Wildman–Crippen MR) is 66.4 cm³/mol. The van der Waals surface area contributed by atoms with Crippen molar-refractivity contribution in [1.82, 2.24) is 9.55 Å². The van der Waals surface area contributed by atoms with Crippen molar-refractivity contribution in [3.8, 4) is 0 Å². The van der Waals surface area contributed by atoms with Crippen LogP contribution in [0.25, 0.3) is 0 Å². The molecule has 1 saturated heterocycles. The highest BCUT2D eigenvalue weighted by atomic mass is 31.1. The summed E-state index contributed by atoms with van der Waals surface area (Å²) in [7, 11) is -2.78. The number of nitrogens with one attached hydrogen (secondary N) is 1. The molecule has 0 aliphatic carbocycles. The Hall–Kier alpha value is -1.38. The molecule has 2 rings (SSSR count). The second-order valence-corrected chi connectivity index (χ2v) is 5.18. The number of hydrogen-bond acceptors (Lipinski definition) is 6. The fourth-order valence-corrected chi connectivity index (χ4v) is 2.25. The van der Waals surface area contributed by atoms with Crippen LogP contribution in [0.4, 0.5) is 0 Å². The standard InChI is InChI=1S/C10H13N2O7P/c1-5-3-12(10(15)11-9(5)14)8-2-6(13)7(19-8)4-18-20(16)17/h3,6-8,13H,2,4H2,1H3,(H-,11,14,15,16,17)/p+1/t6-,7-,8-/m0/s1. The van der Waals surface area contributed by atoms with E-state index >= 15 is 0 Å². The Labute approximate surface area is 113 Å². The maximum Gasteiger partial charge on any atom is 0.694 e. The Morgan fingerprint density at radius 1 is 1.60 bits per heavy atom. The van der Waals surface area contributed by atoms with E-state index in [9.17, 15) is 19.3 Å². The third-order valence-electron chi connectivity index (χ3n) is 3.01. The Morgan fingerprint density at radius 3 is 2.95 bits per heavy atom. The topological polar surface area (TPSA) is 131 Å². The number of nitrogens with zero attached hydrogens (tertiary/aromatic N) is 1. The summed E-state index contributed by atoms with van der Waals surface area (Å²) in [6.45, 7) is 1.28. The van der Waals surface area contributed by atoms with Crippen LogP contribution < -0.4 is 11.2 Å². The molecule has 1 unspecified atom stereocenters. The lowest BCUT2D eigenvalue weighted by molar-refractivity contribution is -0.0413. The van der Waals surface area contributed by atoms with Gasteiger partial charge in [-0.1, -0.05) is 0 Å². The second-order valence-electron chi connectivity index (χ2n) is 4.44. The molecule has 1 fully saturated rings. The van der Waals surface area contributed by atoms with E-state index in [0.717, 1.165) is 0 Å². The zero-order valence-electron chi connectivity index (χ0n) is 10.6. The average molecular weight is 305 g/mol. The van der Waals surface area contributed by atoms with Crippen LogP contribution in [0.2, 0.25) is 0 Å². The fraction of sp³-hybridized carbons (Fsp3) is 0.600. The summed E-state index contributed by atoms with van der Waals surface area (Å²) in [4.78, 5) is 33.6. The molecule has 3 N–H and O–H groups in total. The van der Waals surface area contributed by atoms with E-state index in [2.05, 4.69) is 9.51 Å². The van der Waals surface area contributed by atoms with Crippen LogP contribution in [0.1, 0.15) is 18.2 Å². The summed E-state index contributed by atoms with van der Waals surface area (Å²) in [5, 5.41) is 9.78. The van der Waals surface area contributed by atoms with E-state index < -0.39 is 37.9 Å². The SMILES string of the molecule is Cc1cn([C@@H]2C[C@H](O)[C@H](CO[P+](=O)O)O2)c(=O)[nH]c1=O. The van der Waals surface area contributed by atoms with Crippen LogP contribution >= 0.6 is 8.25 Å². The van der Waals surface area contributed by atoms with Gasteiger partial charge in [-0.2, -0.15) is 0 Å². The number of aliphatic hydroxyl groups excluding tert-OH is 1. The van der Waals surface area contributed by atoms with Crippen molar-refractivity contribution in [2.45, 2.75) is 31.8 Å². The van der Waals surface area contributed by atoms with Crippen molar-refractivity contribution in [1.29, 1.82) is 0 Å². The van der Waals surface area contributed by atoms with Gasteiger partial charge in [0.05, 0.1) is 6.10 Å². The number of aromatic nitrogens is 2. The second kappa shape index (κ2) is 5.94. The molecule has 0 aromatic carbocycles. The van der Waals surface area contributed by atoms with E-state index in [1.807, 2.05) is 0 Å². The first-order valence-electron chi connectivity index (χ1n) is 5.83. The zero-order chi connectivity index (χ0) is 14.9. The Balaban J connectivity index is 2.16. The molecule has 0 bridgehead atoms. The van der Waals surface area contributed by atoms with Crippen molar-refractivity contribution in [2.24, 2.45) is 0 Å². The average Bonchev–Trinajstić information content (AvgIpc) is 2.72. The van der Waals surface area contributed by atoms with Gasteiger partial charge in [0.15, 0.2) is 0 Å². The van der Waals surface area contributed by atoms with Crippen LogP contribution in [0, 0.1) is 6.92 Å². The largest absolute Gasteiger partial charge is 0.694 e. The van der Waals surface area contributed by atoms with Gasteiger partial charge < -0.3 is 9.84 Å². The van der Waals surface area contributed by atoms with Crippen LogP contribution in [0.3, 0.4) is 0 Å². The first-order chi connectivity index (χ1) is 9.38. The first-order valence-corrected chi connectivity index (χ1v) is 6.96. The lowest BCUT2D eigenvalue weighted by Gasteiger charge is -2.14. The van der Waals surface area contributed by atoms with Gasteiger partial charge in [-0.25, -0.2) is 4.79 Å². The first kappa shape index (κ1) is 15.0. The van der Waals surface area contributed by atoms with Crippen LogP contribution in [-0.2, 0) is 13.8 Å². The van der Waals surface area contributed by atoms with Gasteiger partial charge in [0, 0.05) is 22.7 Å². The third-order valence-corrected chi connectivity index (χ3v) is 3.38. The zero-order valence-corrected chi connectivity index (χ0v) is 11.4. The Bertz CT molecular complexity index is 625. The molecule has 1 aliphatic rings. The Kier molecular flexibility index (Phi) is 4.46. The van der Waals surface area contributed by atoms with Gasteiger partial charge in [-0.15, -0.1) is 9.42 Å². The third kappa shape index (κ3) is 3.20. The van der Waals surface area contributed by atoms with Gasteiger partial charge in [0.1, 0.15) is 18.9 Å². The minimum atomic E-state index is -2.78. The maximum atomic E-state index is 11.7. The summed E-state index contributed by atoms with van der Waals surface area (Å²) in [6.07, 6.45) is -1.06. The highest BCUT2D eigenvalue weighted by Crippen LogP contribution is 2.29. The number of aliphatic hydroxyl groups is 1. The van der Waals surface area contributed by atoms with Crippen molar-refractivity contribution < 1.29 is 23.8 Å². The number of hydrogen-bond donors (Lipinski definition) is 3. The van der Waals surface area contributed by atoms with Crippen molar-refractivity contribution in [3.05, 3.63) is 32.6 Å². The lowest BCUT2D eigenvalue weighted by Crippen LogP contribution is -2.33. The summed E-state index contributed by atoms with van der Waals surface area (Å²) in [5.74, 6) is 0. The van der Waals surface area contributed by atoms with E-state index in [1.165, 1.54) is 17.7 Å². The van der Waals surface area contributed by atoms with Crippen molar-refractivity contribution >= 4 is 8.25 Å². The molecule has 2 heterocycles. The molecule has 4 atom stereocenters. The normalized spacial score (nSPS) is 26.8. The molecule has 0 saturated carbocycles. The van der Waals surface area contributed by atoms with Crippen LogP contribution in [-0.4, -0.2) is 38.4 Å². The molecule has 20 heavy (non-hydrogen) atoms. The number of ether oxygens (including phenoxy) is 1. The van der Waals surface area contributed by atoms with Crippen molar-refractivity contribution in [2.75, 3.05) is 6.61 Å². The molecule has 1 aromatic heterocycles. The molecule has 1 aliphatic heterocycles. The van der Waals surface area contributed by atoms with Gasteiger partial charge in [-0.3, -0.25) is 14.3 Å². The maximum absolute atomic E-state index is 11.7. The molecule has 9 nitrogen and oxygen atoms in total. The van der Waals surface area contributed by atoms with Gasteiger partial charge >= 0.3 is 13.9 Å². The molecule has 0 amide bonds. The number of aryl methyl sites for hydroxylation is 1.